The van der Waals surface area contributed by atoms with E-state index in [-0.39, 0.29) is 6.42 Å². The van der Waals surface area contributed by atoms with Crippen LogP contribution in [0, 0.1) is 22.7 Å². The summed E-state index contributed by atoms with van der Waals surface area (Å²) >= 11 is 10.7. The van der Waals surface area contributed by atoms with Crippen molar-refractivity contribution in [2.45, 2.75) is 17.2 Å². The van der Waals surface area contributed by atoms with E-state index in [0.29, 0.717) is 0 Å². The van der Waals surface area contributed by atoms with Crippen molar-refractivity contribution in [1.29, 1.82) is 10.5 Å². The van der Waals surface area contributed by atoms with Crippen LogP contribution in [0.5, 0.6) is 0 Å². The second kappa shape index (κ2) is 4.44. The molecule has 0 heterocycles. The molecule has 4 heteroatoms. The van der Waals surface area contributed by atoms with Gasteiger partial charge in [-0.3, -0.25) is 0 Å². The molecular formula is C5H4Cl2N2. The second-order valence-corrected chi connectivity index (χ2v) is 2.48. The van der Waals surface area contributed by atoms with Crippen LogP contribution in [-0.4, -0.2) is 10.8 Å². The van der Waals surface area contributed by atoms with E-state index < -0.39 is 10.8 Å². The molecule has 0 saturated carbocycles. The molecule has 48 valence electrons. The summed E-state index contributed by atoms with van der Waals surface area (Å²) in [5.74, 6) is 0. The van der Waals surface area contributed by atoms with Gasteiger partial charge in [0.2, 0.25) is 0 Å². The summed E-state index contributed by atoms with van der Waals surface area (Å²) in [5.41, 5.74) is 0. The van der Waals surface area contributed by atoms with Gasteiger partial charge in [0.15, 0.2) is 0 Å². The van der Waals surface area contributed by atoms with Crippen LogP contribution in [0.4, 0.5) is 0 Å². The molecule has 0 aliphatic heterocycles. The van der Waals surface area contributed by atoms with Crippen LogP contribution in [0.25, 0.3) is 0 Å². The van der Waals surface area contributed by atoms with Gasteiger partial charge >= 0.3 is 0 Å². The molecule has 0 rings (SSSR count). The third-order valence-corrected chi connectivity index (χ3v) is 1.25. The smallest absolute Gasteiger partial charge is 0.123 e. The normalized spacial score (nSPS) is 15.1. The molecule has 0 saturated heterocycles. The number of halogens is 2. The fraction of sp³-hybridized carbons (Fsp3) is 0.600. The van der Waals surface area contributed by atoms with Gasteiger partial charge in [0.1, 0.15) is 10.8 Å². The minimum atomic E-state index is -0.646. The maximum absolute atomic E-state index is 8.13. The first kappa shape index (κ1) is 8.56. The standard InChI is InChI=1S/C5H4Cl2N2/c6-4(2-8)1-5(7)3-9/h4-5H,1H2. The Morgan fingerprint density at radius 3 is 1.67 bits per heavy atom. The van der Waals surface area contributed by atoms with Crippen LogP contribution < -0.4 is 0 Å². The zero-order chi connectivity index (χ0) is 7.28. The molecular weight excluding hydrogens is 159 g/mol. The highest BCUT2D eigenvalue weighted by Gasteiger charge is 2.09. The van der Waals surface area contributed by atoms with Crippen molar-refractivity contribution < 1.29 is 0 Å². The van der Waals surface area contributed by atoms with Crippen molar-refractivity contribution in [3.63, 3.8) is 0 Å². The third-order valence-electron chi connectivity index (χ3n) is 0.694. The van der Waals surface area contributed by atoms with E-state index in [0.717, 1.165) is 0 Å². The maximum Gasteiger partial charge on any atom is 0.123 e. The van der Waals surface area contributed by atoms with E-state index in [1.54, 1.807) is 12.1 Å². The summed E-state index contributed by atoms with van der Waals surface area (Å²) in [5, 5.41) is 15.0. The highest BCUT2D eigenvalue weighted by atomic mass is 35.5. The lowest BCUT2D eigenvalue weighted by Crippen LogP contribution is -2.03. The fourth-order valence-corrected chi connectivity index (χ4v) is 0.735. The summed E-state index contributed by atoms with van der Waals surface area (Å²) in [6.07, 6.45) is 0.218. The summed E-state index contributed by atoms with van der Waals surface area (Å²) in [6.45, 7) is 0. The highest BCUT2D eigenvalue weighted by molar-refractivity contribution is 6.25. The van der Waals surface area contributed by atoms with Gasteiger partial charge in [0.05, 0.1) is 12.1 Å². The van der Waals surface area contributed by atoms with E-state index in [4.69, 9.17) is 33.7 Å². The molecule has 2 unspecified atom stereocenters. The zero-order valence-electron chi connectivity index (χ0n) is 4.51. The number of hydrogen-bond donors (Lipinski definition) is 0. The predicted octanol–water partition coefficient (Wildman–Crippen LogP) is 1.64. The van der Waals surface area contributed by atoms with Crippen LogP contribution in [0.2, 0.25) is 0 Å². The van der Waals surface area contributed by atoms with Crippen molar-refractivity contribution in [3.05, 3.63) is 0 Å². The van der Waals surface area contributed by atoms with Gasteiger partial charge < -0.3 is 0 Å². The fourth-order valence-electron chi connectivity index (χ4n) is 0.287. The summed E-state index contributed by atoms with van der Waals surface area (Å²) in [7, 11) is 0. The molecule has 0 aliphatic carbocycles. The Kier molecular flexibility index (Phi) is 4.22. The number of alkyl halides is 2. The van der Waals surface area contributed by atoms with Gasteiger partial charge in [-0.15, -0.1) is 23.2 Å². The van der Waals surface area contributed by atoms with Crippen LogP contribution in [0.3, 0.4) is 0 Å². The van der Waals surface area contributed by atoms with Crippen molar-refractivity contribution in [1.82, 2.24) is 0 Å². The third kappa shape index (κ3) is 4.09. The molecule has 0 radical (unpaired) electrons. The Morgan fingerprint density at radius 1 is 1.11 bits per heavy atom. The molecule has 0 N–H and O–H groups in total. The Bertz CT molecular complexity index is 137. The molecule has 0 aromatic rings. The van der Waals surface area contributed by atoms with Gasteiger partial charge in [-0.05, 0) is 0 Å². The number of nitrogens with zero attached hydrogens (tertiary/aromatic N) is 2. The monoisotopic (exact) mass is 162 g/mol. The molecule has 0 aromatic carbocycles. The van der Waals surface area contributed by atoms with Crippen LogP contribution in [-0.2, 0) is 0 Å². The van der Waals surface area contributed by atoms with Gasteiger partial charge in [0, 0.05) is 6.42 Å². The lowest BCUT2D eigenvalue weighted by molar-refractivity contribution is 0.898. The van der Waals surface area contributed by atoms with E-state index in [1.165, 1.54) is 0 Å². The summed E-state index contributed by atoms with van der Waals surface area (Å²) < 4.78 is 0. The Balaban J connectivity index is 3.53. The molecule has 0 amide bonds. The molecule has 0 spiro atoms. The van der Waals surface area contributed by atoms with E-state index in [9.17, 15) is 0 Å². The first-order valence-corrected chi connectivity index (χ1v) is 3.15. The molecule has 9 heavy (non-hydrogen) atoms. The van der Waals surface area contributed by atoms with E-state index in [2.05, 4.69) is 0 Å². The van der Waals surface area contributed by atoms with Crippen molar-refractivity contribution in [2.75, 3.05) is 0 Å². The topological polar surface area (TPSA) is 47.6 Å². The predicted molar refractivity (Wildman–Crippen MR) is 35.1 cm³/mol. The number of hydrogen-bond acceptors (Lipinski definition) is 2. The minimum absolute atomic E-state index is 0.218. The lowest BCUT2D eigenvalue weighted by Gasteiger charge is -1.97. The van der Waals surface area contributed by atoms with E-state index in [1.807, 2.05) is 0 Å². The first-order chi connectivity index (χ1) is 4.20. The van der Waals surface area contributed by atoms with Gasteiger partial charge in [-0.1, -0.05) is 0 Å². The van der Waals surface area contributed by atoms with Gasteiger partial charge in [-0.2, -0.15) is 10.5 Å². The minimum Gasteiger partial charge on any atom is -0.197 e. The summed E-state index contributed by atoms with van der Waals surface area (Å²) in [6, 6.07) is 3.52. The Labute approximate surface area is 63.6 Å². The maximum atomic E-state index is 8.13. The van der Waals surface area contributed by atoms with Crippen molar-refractivity contribution >= 4 is 23.2 Å². The number of nitriles is 2. The average molecular weight is 163 g/mol. The van der Waals surface area contributed by atoms with E-state index >= 15 is 0 Å². The quantitative estimate of drug-likeness (QED) is 0.580. The Morgan fingerprint density at radius 2 is 1.44 bits per heavy atom. The second-order valence-electron chi connectivity index (χ2n) is 1.43. The lowest BCUT2D eigenvalue weighted by atomic mass is 10.2. The molecule has 0 fully saturated rings. The first-order valence-electron chi connectivity index (χ1n) is 2.28. The SMILES string of the molecule is N#CC(Cl)CC(Cl)C#N. The Hall–Kier alpha value is -0.440. The summed E-state index contributed by atoms with van der Waals surface area (Å²) in [4.78, 5) is 0. The molecule has 2 nitrogen and oxygen atoms in total. The van der Waals surface area contributed by atoms with Crippen molar-refractivity contribution in [3.8, 4) is 12.1 Å². The van der Waals surface area contributed by atoms with Crippen LogP contribution >= 0.6 is 23.2 Å². The van der Waals surface area contributed by atoms with Gasteiger partial charge in [-0.25, -0.2) is 0 Å². The molecule has 2 atom stereocenters. The molecule has 0 aromatic heterocycles. The van der Waals surface area contributed by atoms with Crippen LogP contribution in [0.15, 0.2) is 0 Å². The molecule has 0 aliphatic rings. The highest BCUT2D eigenvalue weighted by Crippen LogP contribution is 2.08. The largest absolute Gasteiger partial charge is 0.197 e. The average Bonchev–Trinajstić information content (AvgIpc) is 1.87. The number of rotatable bonds is 2. The molecule has 0 bridgehead atoms. The van der Waals surface area contributed by atoms with Gasteiger partial charge in [0.25, 0.3) is 0 Å². The van der Waals surface area contributed by atoms with Crippen molar-refractivity contribution in [2.24, 2.45) is 0 Å². The van der Waals surface area contributed by atoms with Crippen LogP contribution in [0.1, 0.15) is 6.42 Å². The zero-order valence-corrected chi connectivity index (χ0v) is 6.02.